The van der Waals surface area contributed by atoms with Gasteiger partial charge in [0, 0.05) is 12.3 Å². The van der Waals surface area contributed by atoms with E-state index < -0.39 is 30.1 Å². The lowest BCUT2D eigenvalue weighted by Crippen LogP contribution is -2.34. The summed E-state index contributed by atoms with van der Waals surface area (Å²) in [6.45, 7) is -0.277. The first-order valence-corrected chi connectivity index (χ1v) is 4.91. The number of nitrogens with zero attached hydrogens (tertiary/aromatic N) is 2. The molecule has 2 aliphatic rings. The van der Waals surface area contributed by atoms with E-state index in [0.717, 1.165) is 0 Å². The molecule has 0 aromatic carbocycles. The van der Waals surface area contributed by atoms with Gasteiger partial charge in [0.05, 0.1) is 6.61 Å². The van der Waals surface area contributed by atoms with Crippen LogP contribution in [0.15, 0.2) is 17.1 Å². The molecule has 0 bridgehead atoms. The lowest BCUT2D eigenvalue weighted by atomic mass is 10.1. The molecule has 2 N–H and O–H groups in total. The van der Waals surface area contributed by atoms with Crippen LogP contribution in [-0.4, -0.2) is 44.7 Å². The van der Waals surface area contributed by atoms with Gasteiger partial charge in [-0.3, -0.25) is 9.36 Å². The molecule has 2 aliphatic heterocycles. The Hall–Kier alpha value is -1.44. The normalized spacial score (nSPS) is 35.6. The second-order valence-corrected chi connectivity index (χ2v) is 3.78. The predicted molar refractivity (Wildman–Crippen MR) is 49.9 cm³/mol. The van der Waals surface area contributed by atoms with Gasteiger partial charge in [-0.15, -0.1) is 0 Å². The van der Waals surface area contributed by atoms with Gasteiger partial charge in [-0.2, -0.15) is 4.98 Å². The van der Waals surface area contributed by atoms with Crippen molar-refractivity contribution >= 4 is 0 Å². The molecule has 1 fully saturated rings. The van der Waals surface area contributed by atoms with Crippen molar-refractivity contribution < 1.29 is 19.7 Å². The van der Waals surface area contributed by atoms with Crippen molar-refractivity contribution in [2.75, 3.05) is 6.61 Å². The van der Waals surface area contributed by atoms with Crippen LogP contribution in [0, 0.1) is 0 Å². The van der Waals surface area contributed by atoms with E-state index in [-0.39, 0.29) is 12.6 Å². The molecule has 0 radical (unpaired) electrons. The Balaban J connectivity index is 1.99. The highest BCUT2D eigenvalue weighted by atomic mass is 16.6. The van der Waals surface area contributed by atoms with Crippen LogP contribution in [0.25, 0.3) is 0 Å². The first kappa shape index (κ1) is 9.76. The Bertz CT molecular complexity index is 473. The smallest absolute Gasteiger partial charge is 0.302 e. The molecule has 0 aliphatic carbocycles. The SMILES string of the molecule is O=c1ccn2c(n1)O[C@@H]1[C@@H](O)[C@@H](CO)O[C@@H]12. The van der Waals surface area contributed by atoms with Gasteiger partial charge in [0.1, 0.15) is 12.2 Å². The summed E-state index contributed by atoms with van der Waals surface area (Å²) in [5, 5.41) is 18.7. The van der Waals surface area contributed by atoms with E-state index in [1.54, 1.807) is 0 Å². The Morgan fingerprint density at radius 3 is 3.12 bits per heavy atom. The van der Waals surface area contributed by atoms with Crippen molar-refractivity contribution in [1.82, 2.24) is 9.55 Å². The summed E-state index contributed by atoms with van der Waals surface area (Å²) in [7, 11) is 0. The lowest BCUT2D eigenvalue weighted by molar-refractivity contribution is -0.0434. The molecule has 4 atom stereocenters. The Labute approximate surface area is 89.9 Å². The van der Waals surface area contributed by atoms with Crippen LogP contribution in [0.1, 0.15) is 6.23 Å². The molecule has 7 heteroatoms. The van der Waals surface area contributed by atoms with E-state index in [1.807, 2.05) is 0 Å². The summed E-state index contributed by atoms with van der Waals surface area (Å²) in [6, 6.07) is 1.43. The maximum Gasteiger partial charge on any atom is 0.302 e. The second-order valence-electron chi connectivity index (χ2n) is 3.78. The van der Waals surface area contributed by atoms with Gasteiger partial charge >= 0.3 is 6.01 Å². The standard InChI is InChI=1S/C9H10N2O5/c12-3-4-6(14)7-8(15-4)11-2-1-5(13)10-9(11)16-7/h1-2,4,6-8,12,14H,3H2/t4-,6+,7-,8+/m1/s1. The third kappa shape index (κ3) is 1.19. The summed E-state index contributed by atoms with van der Waals surface area (Å²) in [5.74, 6) is 0. The van der Waals surface area contributed by atoms with E-state index >= 15 is 0 Å². The van der Waals surface area contributed by atoms with Gasteiger partial charge in [-0.25, -0.2) is 0 Å². The second kappa shape index (κ2) is 3.27. The predicted octanol–water partition coefficient (Wildman–Crippen LogP) is -1.75. The average molecular weight is 226 g/mol. The monoisotopic (exact) mass is 226 g/mol. The summed E-state index contributed by atoms with van der Waals surface area (Å²) < 4.78 is 12.3. The number of ether oxygens (including phenoxy) is 2. The highest BCUT2D eigenvalue weighted by Crippen LogP contribution is 2.38. The van der Waals surface area contributed by atoms with Gasteiger partial charge in [0.25, 0.3) is 5.56 Å². The highest BCUT2D eigenvalue weighted by Gasteiger charge is 2.50. The summed E-state index contributed by atoms with van der Waals surface area (Å²) >= 11 is 0. The zero-order chi connectivity index (χ0) is 11.3. The number of aliphatic hydroxyl groups excluding tert-OH is 2. The van der Waals surface area contributed by atoms with Gasteiger partial charge in [-0.1, -0.05) is 0 Å². The molecule has 16 heavy (non-hydrogen) atoms. The summed E-state index contributed by atoms with van der Waals surface area (Å²) in [5.41, 5.74) is -0.403. The molecule has 1 saturated heterocycles. The van der Waals surface area contributed by atoms with Crippen molar-refractivity contribution in [3.63, 3.8) is 0 Å². The maximum atomic E-state index is 11.0. The molecule has 0 amide bonds. The number of rotatable bonds is 1. The lowest BCUT2D eigenvalue weighted by Gasteiger charge is -2.13. The number of hydrogen-bond donors (Lipinski definition) is 2. The average Bonchev–Trinajstić information content (AvgIpc) is 2.75. The number of aliphatic hydroxyl groups is 2. The number of hydrogen-bond acceptors (Lipinski definition) is 6. The molecule has 0 saturated carbocycles. The van der Waals surface area contributed by atoms with Crippen molar-refractivity contribution in [3.05, 3.63) is 22.6 Å². The van der Waals surface area contributed by atoms with Crippen LogP contribution in [0.4, 0.5) is 0 Å². The molecular weight excluding hydrogens is 216 g/mol. The molecular formula is C9H10N2O5. The van der Waals surface area contributed by atoms with E-state index in [1.165, 1.54) is 16.8 Å². The van der Waals surface area contributed by atoms with Crippen LogP contribution < -0.4 is 10.3 Å². The van der Waals surface area contributed by atoms with Crippen molar-refractivity contribution in [2.45, 2.75) is 24.5 Å². The van der Waals surface area contributed by atoms with Crippen molar-refractivity contribution in [3.8, 4) is 6.01 Å². The van der Waals surface area contributed by atoms with Gasteiger partial charge < -0.3 is 19.7 Å². The molecule has 1 aromatic rings. The van der Waals surface area contributed by atoms with E-state index in [2.05, 4.69) is 4.98 Å². The highest BCUT2D eigenvalue weighted by molar-refractivity contribution is 5.10. The van der Waals surface area contributed by atoms with Gasteiger partial charge in [0.15, 0.2) is 12.3 Å². The van der Waals surface area contributed by atoms with Crippen LogP contribution >= 0.6 is 0 Å². The molecule has 0 spiro atoms. The fraction of sp³-hybridized carbons (Fsp3) is 0.556. The molecule has 1 aromatic heterocycles. The van der Waals surface area contributed by atoms with Crippen molar-refractivity contribution in [2.24, 2.45) is 0 Å². The third-order valence-corrected chi connectivity index (χ3v) is 2.81. The van der Waals surface area contributed by atoms with E-state index in [4.69, 9.17) is 14.6 Å². The number of aromatic nitrogens is 2. The fourth-order valence-corrected chi connectivity index (χ4v) is 2.02. The van der Waals surface area contributed by atoms with Crippen LogP contribution in [-0.2, 0) is 4.74 Å². The van der Waals surface area contributed by atoms with E-state index in [0.29, 0.717) is 0 Å². The largest absolute Gasteiger partial charge is 0.453 e. The molecule has 3 rings (SSSR count). The van der Waals surface area contributed by atoms with Gasteiger partial charge in [-0.05, 0) is 0 Å². The van der Waals surface area contributed by atoms with Crippen molar-refractivity contribution in [1.29, 1.82) is 0 Å². The number of fused-ring (bicyclic) bond motifs is 3. The minimum absolute atomic E-state index is 0.137. The maximum absolute atomic E-state index is 11.0. The molecule has 3 heterocycles. The first-order chi connectivity index (χ1) is 7.70. The Kier molecular flexibility index (Phi) is 2.00. The Morgan fingerprint density at radius 2 is 2.38 bits per heavy atom. The fourth-order valence-electron chi connectivity index (χ4n) is 2.02. The quantitative estimate of drug-likeness (QED) is 0.590. The zero-order valence-corrected chi connectivity index (χ0v) is 8.18. The van der Waals surface area contributed by atoms with E-state index in [9.17, 15) is 9.90 Å². The van der Waals surface area contributed by atoms with Crippen LogP contribution in [0.5, 0.6) is 6.01 Å². The minimum Gasteiger partial charge on any atom is -0.453 e. The third-order valence-electron chi connectivity index (χ3n) is 2.81. The summed E-state index contributed by atoms with van der Waals surface area (Å²) in [4.78, 5) is 14.7. The van der Waals surface area contributed by atoms with Gasteiger partial charge in [0.2, 0.25) is 0 Å². The summed E-state index contributed by atoms with van der Waals surface area (Å²) in [6.07, 6.45) is -1.24. The molecule has 86 valence electrons. The molecule has 7 nitrogen and oxygen atoms in total. The zero-order valence-electron chi connectivity index (χ0n) is 8.18. The first-order valence-electron chi connectivity index (χ1n) is 4.91. The Morgan fingerprint density at radius 1 is 1.56 bits per heavy atom. The molecule has 0 unspecified atom stereocenters. The van der Waals surface area contributed by atoms with Crippen LogP contribution in [0.2, 0.25) is 0 Å². The van der Waals surface area contributed by atoms with Crippen LogP contribution in [0.3, 0.4) is 0 Å². The topological polar surface area (TPSA) is 93.8 Å². The minimum atomic E-state index is -0.924.